The number of nitrogens with zero attached hydrogens (tertiary/aromatic N) is 2. The fraction of sp³-hybridized carbons (Fsp3) is 0.308. The molecule has 6 heteroatoms. The predicted octanol–water partition coefficient (Wildman–Crippen LogP) is 3.24. The molecular weight excluding hydrogens is 264 g/mol. The fourth-order valence-electron chi connectivity index (χ4n) is 1.40. The van der Waals surface area contributed by atoms with E-state index >= 15 is 0 Å². The summed E-state index contributed by atoms with van der Waals surface area (Å²) in [6.07, 6.45) is 1.82. The minimum Gasteiger partial charge on any atom is -0.424 e. The molecule has 1 aromatic rings. The van der Waals surface area contributed by atoms with Gasteiger partial charge in [-0.05, 0) is 26.1 Å². The number of ether oxygens (including phenoxy) is 1. The third kappa shape index (κ3) is 4.03. The molecule has 1 rings (SSSR count). The summed E-state index contributed by atoms with van der Waals surface area (Å²) in [5, 5.41) is 11.2. The van der Waals surface area contributed by atoms with Gasteiger partial charge in [0.2, 0.25) is 5.75 Å². The van der Waals surface area contributed by atoms with Crippen LogP contribution in [0.4, 0.5) is 5.69 Å². The average Bonchev–Trinajstić information content (AvgIpc) is 2.29. The van der Waals surface area contributed by atoms with Crippen LogP contribution in [0.2, 0.25) is 0 Å². The summed E-state index contributed by atoms with van der Waals surface area (Å²) in [5.41, 5.74) is 1.55. The van der Waals surface area contributed by atoms with E-state index in [2.05, 4.69) is 0 Å². The van der Waals surface area contributed by atoms with Crippen molar-refractivity contribution in [2.75, 3.05) is 14.1 Å². The van der Waals surface area contributed by atoms with Crippen molar-refractivity contribution in [1.82, 2.24) is 4.90 Å². The van der Waals surface area contributed by atoms with Crippen LogP contribution < -0.4 is 4.74 Å². The Morgan fingerprint density at radius 1 is 1.42 bits per heavy atom. The number of benzene rings is 1. The zero-order chi connectivity index (χ0) is 14.6. The molecule has 1 aromatic carbocycles. The van der Waals surface area contributed by atoms with Crippen LogP contribution >= 0.6 is 12.2 Å². The second-order valence-electron chi connectivity index (χ2n) is 4.44. The van der Waals surface area contributed by atoms with Gasteiger partial charge in [-0.3, -0.25) is 10.1 Å². The second kappa shape index (κ2) is 6.29. The Bertz CT molecular complexity index is 535. The number of rotatable bonds is 3. The second-order valence-corrected chi connectivity index (χ2v) is 4.79. The minimum absolute atomic E-state index is 0.0980. The molecule has 0 aliphatic heterocycles. The molecule has 0 saturated heterocycles. The average molecular weight is 280 g/mol. The van der Waals surface area contributed by atoms with Gasteiger partial charge in [0.15, 0.2) is 0 Å². The first kappa shape index (κ1) is 15.1. The molecule has 102 valence electrons. The van der Waals surface area contributed by atoms with E-state index < -0.39 is 4.92 Å². The molecule has 5 nitrogen and oxygen atoms in total. The monoisotopic (exact) mass is 280 g/mol. The summed E-state index contributed by atoms with van der Waals surface area (Å²) in [6.45, 7) is 3.82. The summed E-state index contributed by atoms with van der Waals surface area (Å²) in [6, 6.07) is 4.78. The van der Waals surface area contributed by atoms with Crippen LogP contribution in [0, 0.1) is 10.1 Å². The molecule has 19 heavy (non-hydrogen) atoms. The highest BCUT2D eigenvalue weighted by Crippen LogP contribution is 2.32. The van der Waals surface area contributed by atoms with Crippen molar-refractivity contribution in [2.45, 2.75) is 13.8 Å². The van der Waals surface area contributed by atoms with Crippen molar-refractivity contribution in [3.63, 3.8) is 0 Å². The molecule has 0 heterocycles. The van der Waals surface area contributed by atoms with Crippen LogP contribution in [-0.4, -0.2) is 29.1 Å². The van der Waals surface area contributed by atoms with Gasteiger partial charge in [0.1, 0.15) is 0 Å². The van der Waals surface area contributed by atoms with Gasteiger partial charge < -0.3 is 9.64 Å². The van der Waals surface area contributed by atoms with Crippen molar-refractivity contribution in [3.8, 4) is 5.75 Å². The van der Waals surface area contributed by atoms with E-state index in [9.17, 15) is 10.1 Å². The number of para-hydroxylation sites is 1. The highest BCUT2D eigenvalue weighted by molar-refractivity contribution is 7.80. The van der Waals surface area contributed by atoms with Gasteiger partial charge in [-0.1, -0.05) is 23.8 Å². The predicted molar refractivity (Wildman–Crippen MR) is 79.3 cm³/mol. The van der Waals surface area contributed by atoms with Gasteiger partial charge in [0.25, 0.3) is 5.17 Å². The van der Waals surface area contributed by atoms with Gasteiger partial charge in [-0.25, -0.2) is 0 Å². The third-order valence-corrected chi connectivity index (χ3v) is 2.67. The minimum atomic E-state index is -0.476. The van der Waals surface area contributed by atoms with E-state index in [-0.39, 0.29) is 16.6 Å². The first-order valence-electron chi connectivity index (χ1n) is 5.64. The van der Waals surface area contributed by atoms with Crippen molar-refractivity contribution in [2.24, 2.45) is 0 Å². The molecule has 0 spiro atoms. The maximum Gasteiger partial charge on any atom is 0.312 e. The summed E-state index contributed by atoms with van der Waals surface area (Å²) in [7, 11) is 3.44. The number of hydrogen-bond donors (Lipinski definition) is 0. The molecule has 0 atom stereocenters. The van der Waals surface area contributed by atoms with E-state index in [1.54, 1.807) is 31.1 Å². The topological polar surface area (TPSA) is 55.6 Å². The van der Waals surface area contributed by atoms with Gasteiger partial charge in [0, 0.05) is 25.7 Å². The lowest BCUT2D eigenvalue weighted by molar-refractivity contribution is -0.385. The molecule has 0 aliphatic rings. The highest BCUT2D eigenvalue weighted by Gasteiger charge is 2.20. The standard InChI is InChI=1S/C13H16N2O3S/c1-9(2)8-10-6-5-7-11(15(16)17)12(10)18-13(19)14(3)4/h5-8H,1-4H3. The Labute approximate surface area is 117 Å². The quantitative estimate of drug-likeness (QED) is 0.483. The fourth-order valence-corrected chi connectivity index (χ4v) is 1.48. The maximum atomic E-state index is 11.1. The molecule has 0 saturated carbocycles. The molecule has 0 radical (unpaired) electrons. The normalized spacial score (nSPS) is 9.68. The zero-order valence-electron chi connectivity index (χ0n) is 11.3. The van der Waals surface area contributed by atoms with Crippen LogP contribution in [0.25, 0.3) is 6.08 Å². The van der Waals surface area contributed by atoms with E-state index in [1.165, 1.54) is 6.07 Å². The molecule has 0 N–H and O–H groups in total. The van der Waals surface area contributed by atoms with Gasteiger partial charge in [-0.15, -0.1) is 0 Å². The lowest BCUT2D eigenvalue weighted by atomic mass is 10.1. The number of nitro groups is 1. The van der Waals surface area contributed by atoms with Crippen LogP contribution in [0.3, 0.4) is 0 Å². The van der Waals surface area contributed by atoms with Crippen LogP contribution in [0.1, 0.15) is 19.4 Å². The molecule has 0 aliphatic carbocycles. The number of hydrogen-bond acceptors (Lipinski definition) is 4. The highest BCUT2D eigenvalue weighted by atomic mass is 32.1. The molecular formula is C13H16N2O3S. The Balaban J connectivity index is 3.33. The Morgan fingerprint density at radius 3 is 2.53 bits per heavy atom. The first-order chi connectivity index (χ1) is 8.82. The van der Waals surface area contributed by atoms with Crippen LogP contribution in [0.15, 0.2) is 23.8 Å². The summed E-state index contributed by atoms with van der Waals surface area (Å²) >= 11 is 5.04. The SMILES string of the molecule is CC(C)=Cc1cccc([N+](=O)[O-])c1OC(=S)N(C)C. The number of allylic oxidation sites excluding steroid dienone is 1. The van der Waals surface area contributed by atoms with Gasteiger partial charge in [0.05, 0.1) is 4.92 Å². The van der Waals surface area contributed by atoms with E-state index in [0.29, 0.717) is 5.56 Å². The van der Waals surface area contributed by atoms with Crippen molar-refractivity contribution >= 4 is 29.2 Å². The Kier molecular flexibility index (Phi) is 5.00. The van der Waals surface area contributed by atoms with E-state index in [4.69, 9.17) is 17.0 Å². The summed E-state index contributed by atoms with van der Waals surface area (Å²) < 4.78 is 5.47. The lowest BCUT2D eigenvalue weighted by Gasteiger charge is -2.15. The molecule has 0 bridgehead atoms. The summed E-state index contributed by atoms with van der Waals surface area (Å²) in [5.74, 6) is 0.174. The molecule has 0 amide bonds. The zero-order valence-corrected chi connectivity index (χ0v) is 12.2. The van der Waals surface area contributed by atoms with E-state index in [1.807, 2.05) is 19.9 Å². The maximum absolute atomic E-state index is 11.1. The third-order valence-electron chi connectivity index (χ3n) is 2.22. The van der Waals surface area contributed by atoms with E-state index in [0.717, 1.165) is 5.57 Å². The molecule has 0 aromatic heterocycles. The van der Waals surface area contributed by atoms with Gasteiger partial charge in [-0.2, -0.15) is 0 Å². The smallest absolute Gasteiger partial charge is 0.312 e. The summed E-state index contributed by atoms with van der Waals surface area (Å²) in [4.78, 5) is 12.2. The van der Waals surface area contributed by atoms with Crippen LogP contribution in [-0.2, 0) is 0 Å². The van der Waals surface area contributed by atoms with Gasteiger partial charge >= 0.3 is 5.69 Å². The molecule has 0 fully saturated rings. The number of thiocarbonyl (C=S) groups is 1. The first-order valence-corrected chi connectivity index (χ1v) is 6.05. The Hall–Kier alpha value is -1.95. The van der Waals surface area contributed by atoms with Crippen molar-refractivity contribution < 1.29 is 9.66 Å². The lowest BCUT2D eigenvalue weighted by Crippen LogP contribution is -2.25. The largest absolute Gasteiger partial charge is 0.424 e. The number of nitro benzene ring substituents is 1. The van der Waals surface area contributed by atoms with Crippen molar-refractivity contribution in [1.29, 1.82) is 0 Å². The van der Waals surface area contributed by atoms with Crippen LogP contribution in [0.5, 0.6) is 5.75 Å². The molecule has 0 unspecified atom stereocenters. The van der Waals surface area contributed by atoms with Crippen molar-refractivity contribution in [3.05, 3.63) is 39.4 Å². The Morgan fingerprint density at radius 2 is 2.05 bits per heavy atom.